The molecule has 1 aromatic carbocycles. The van der Waals surface area contributed by atoms with Gasteiger partial charge in [-0.25, -0.2) is 4.79 Å². The van der Waals surface area contributed by atoms with E-state index in [0.717, 1.165) is 0 Å². The maximum Gasteiger partial charge on any atom is 0.345 e. The molecule has 0 bridgehead atoms. The Labute approximate surface area is 121 Å². The number of para-hydroxylation sites is 1. The minimum Gasteiger partial charge on any atom is -0.458 e. The fourth-order valence-electron chi connectivity index (χ4n) is 2.18. The number of allylic oxidation sites excluding steroid dienone is 1. The average molecular weight is 289 g/mol. The fourth-order valence-corrected chi connectivity index (χ4v) is 2.18. The molecule has 0 saturated heterocycles. The zero-order valence-corrected chi connectivity index (χ0v) is 11.4. The number of nitro groups is 1. The van der Waals surface area contributed by atoms with Gasteiger partial charge in [0.2, 0.25) is 0 Å². The van der Waals surface area contributed by atoms with Gasteiger partial charge in [0.1, 0.15) is 11.7 Å². The predicted molar refractivity (Wildman–Crippen MR) is 74.9 cm³/mol. The van der Waals surface area contributed by atoms with E-state index >= 15 is 0 Å². The van der Waals surface area contributed by atoms with E-state index in [4.69, 9.17) is 4.74 Å². The third-order valence-electron chi connectivity index (χ3n) is 3.25. The molecule has 0 amide bonds. The number of rotatable bonds is 3. The van der Waals surface area contributed by atoms with E-state index in [2.05, 4.69) is 0 Å². The lowest BCUT2D eigenvalue weighted by Gasteiger charge is -2.17. The van der Waals surface area contributed by atoms with Gasteiger partial charge >= 0.3 is 5.97 Å². The second-order valence-electron chi connectivity index (χ2n) is 4.80. The first-order chi connectivity index (χ1) is 10.1. The lowest BCUT2D eigenvalue weighted by Crippen LogP contribution is -2.20. The number of esters is 1. The Morgan fingerprint density at radius 2 is 2.10 bits per heavy atom. The van der Waals surface area contributed by atoms with Crippen LogP contribution >= 0.6 is 0 Å². The molecule has 0 N–H and O–H groups in total. The summed E-state index contributed by atoms with van der Waals surface area (Å²) in [5.41, 5.74) is -0.316. The Hall–Kier alpha value is -2.50. The normalized spacial score (nSPS) is 18.7. The number of nitrogens with zero attached hydrogens (tertiary/aromatic N) is 1. The van der Waals surface area contributed by atoms with Gasteiger partial charge in [-0.15, -0.1) is 0 Å². The monoisotopic (exact) mass is 289 g/mol. The molecule has 2 rings (SSSR count). The molecule has 0 aliphatic heterocycles. The summed E-state index contributed by atoms with van der Waals surface area (Å²) < 4.78 is 5.33. The Bertz CT molecular complexity index is 593. The summed E-state index contributed by atoms with van der Waals surface area (Å²) in [4.78, 5) is 33.6. The first kappa shape index (κ1) is 14.9. The highest BCUT2D eigenvalue weighted by atomic mass is 16.6. The minimum absolute atomic E-state index is 0.0513. The number of ether oxygens (including phenoxy) is 1. The Kier molecular flexibility index (Phi) is 4.81. The summed E-state index contributed by atoms with van der Waals surface area (Å²) >= 11 is 0. The van der Waals surface area contributed by atoms with Gasteiger partial charge in [0, 0.05) is 18.9 Å². The van der Waals surface area contributed by atoms with E-state index in [1.54, 1.807) is 12.1 Å². The highest BCUT2D eigenvalue weighted by Crippen LogP contribution is 2.21. The molecule has 6 heteroatoms. The van der Waals surface area contributed by atoms with Crippen molar-refractivity contribution in [3.63, 3.8) is 0 Å². The maximum atomic E-state index is 12.1. The Morgan fingerprint density at radius 3 is 2.86 bits per heavy atom. The van der Waals surface area contributed by atoms with Crippen molar-refractivity contribution in [2.75, 3.05) is 0 Å². The molecule has 0 fully saturated rings. The largest absolute Gasteiger partial charge is 0.458 e. The van der Waals surface area contributed by atoms with Crippen LogP contribution < -0.4 is 0 Å². The van der Waals surface area contributed by atoms with E-state index in [-0.39, 0.29) is 23.1 Å². The highest BCUT2D eigenvalue weighted by Gasteiger charge is 2.23. The van der Waals surface area contributed by atoms with Gasteiger partial charge in [0.05, 0.1) is 4.92 Å². The van der Waals surface area contributed by atoms with Crippen LogP contribution in [0.25, 0.3) is 0 Å². The smallest absolute Gasteiger partial charge is 0.345 e. The average Bonchev–Trinajstić information content (AvgIpc) is 2.44. The predicted octanol–water partition coefficient (Wildman–Crippen LogP) is 2.82. The van der Waals surface area contributed by atoms with Gasteiger partial charge in [-0.3, -0.25) is 14.9 Å². The van der Waals surface area contributed by atoms with Crippen LogP contribution in [0, 0.1) is 10.1 Å². The fraction of sp³-hybridized carbons (Fsp3) is 0.333. The third kappa shape index (κ3) is 3.98. The van der Waals surface area contributed by atoms with Gasteiger partial charge in [0.15, 0.2) is 5.78 Å². The van der Waals surface area contributed by atoms with Crippen molar-refractivity contribution in [1.29, 1.82) is 0 Å². The topological polar surface area (TPSA) is 86.5 Å². The molecule has 1 aliphatic rings. The molecule has 0 heterocycles. The summed E-state index contributed by atoms with van der Waals surface area (Å²) in [5.74, 6) is -0.633. The van der Waals surface area contributed by atoms with E-state index in [0.29, 0.717) is 25.7 Å². The molecular formula is C15H15NO5. The second-order valence-corrected chi connectivity index (χ2v) is 4.80. The highest BCUT2D eigenvalue weighted by molar-refractivity contribution is 5.94. The van der Waals surface area contributed by atoms with Crippen LogP contribution in [0.1, 0.15) is 36.0 Å². The first-order valence-electron chi connectivity index (χ1n) is 6.71. The van der Waals surface area contributed by atoms with Crippen LogP contribution in [0.3, 0.4) is 0 Å². The molecular weight excluding hydrogens is 274 g/mol. The van der Waals surface area contributed by atoms with Crippen molar-refractivity contribution in [2.24, 2.45) is 0 Å². The standard InChI is InChI=1S/C15H15NO5/c17-11-5-3-7-12(8-4-6-11)21-15(18)13-9-1-2-10-14(13)16(19)20/h1-3,5,9-10,12H,4,6-8H2. The molecule has 0 saturated carbocycles. The van der Waals surface area contributed by atoms with Crippen molar-refractivity contribution in [3.8, 4) is 0 Å². The number of hydrogen-bond donors (Lipinski definition) is 0. The van der Waals surface area contributed by atoms with Gasteiger partial charge < -0.3 is 4.74 Å². The number of nitro benzene ring substituents is 1. The molecule has 0 aromatic heterocycles. The Balaban J connectivity index is 2.09. The Morgan fingerprint density at radius 1 is 1.33 bits per heavy atom. The first-order valence-corrected chi connectivity index (χ1v) is 6.71. The van der Waals surface area contributed by atoms with Crippen molar-refractivity contribution in [3.05, 3.63) is 52.1 Å². The second kappa shape index (κ2) is 6.78. The van der Waals surface area contributed by atoms with Crippen LogP contribution in [0.2, 0.25) is 0 Å². The van der Waals surface area contributed by atoms with E-state index in [9.17, 15) is 19.7 Å². The number of carbonyl (C=O) groups is 2. The molecule has 0 spiro atoms. The van der Waals surface area contributed by atoms with E-state index in [1.165, 1.54) is 24.3 Å². The van der Waals surface area contributed by atoms with Crippen molar-refractivity contribution in [2.45, 2.75) is 31.8 Å². The molecule has 1 atom stereocenters. The molecule has 1 unspecified atom stereocenters. The van der Waals surface area contributed by atoms with Crippen molar-refractivity contribution < 1.29 is 19.2 Å². The number of benzene rings is 1. The molecule has 110 valence electrons. The van der Waals surface area contributed by atoms with Crippen LogP contribution in [0.5, 0.6) is 0 Å². The summed E-state index contributed by atoms with van der Waals surface area (Å²) in [5, 5.41) is 10.9. The van der Waals surface area contributed by atoms with Crippen LogP contribution in [0.15, 0.2) is 36.4 Å². The quantitative estimate of drug-likeness (QED) is 0.485. The lowest BCUT2D eigenvalue weighted by molar-refractivity contribution is -0.385. The van der Waals surface area contributed by atoms with Gasteiger partial charge in [-0.05, 0) is 25.0 Å². The van der Waals surface area contributed by atoms with E-state index in [1.807, 2.05) is 0 Å². The number of ketones is 1. The third-order valence-corrected chi connectivity index (χ3v) is 3.25. The van der Waals surface area contributed by atoms with Crippen LogP contribution in [-0.4, -0.2) is 22.8 Å². The number of hydrogen-bond acceptors (Lipinski definition) is 5. The zero-order valence-electron chi connectivity index (χ0n) is 11.4. The summed E-state index contributed by atoms with van der Waals surface area (Å²) in [6.07, 6.45) is 4.89. The van der Waals surface area contributed by atoms with Gasteiger partial charge in [-0.1, -0.05) is 18.2 Å². The maximum absolute atomic E-state index is 12.1. The molecule has 1 aliphatic carbocycles. The summed E-state index contributed by atoms with van der Waals surface area (Å²) in [6.45, 7) is 0. The molecule has 6 nitrogen and oxygen atoms in total. The van der Waals surface area contributed by atoms with Crippen LogP contribution in [-0.2, 0) is 9.53 Å². The van der Waals surface area contributed by atoms with Gasteiger partial charge in [0.25, 0.3) is 5.69 Å². The molecule has 0 radical (unpaired) electrons. The lowest BCUT2D eigenvalue weighted by atomic mass is 10.0. The van der Waals surface area contributed by atoms with E-state index < -0.39 is 10.9 Å². The van der Waals surface area contributed by atoms with Crippen molar-refractivity contribution in [1.82, 2.24) is 0 Å². The SMILES string of the molecule is O=C1C=CCC(OC(=O)c2ccccc2[N+](=O)[O-])CCC1. The number of carbonyl (C=O) groups excluding carboxylic acids is 2. The van der Waals surface area contributed by atoms with Gasteiger partial charge in [-0.2, -0.15) is 0 Å². The molecule has 1 aromatic rings. The minimum atomic E-state index is -0.701. The van der Waals surface area contributed by atoms with Crippen LogP contribution in [0.4, 0.5) is 5.69 Å². The molecule has 21 heavy (non-hydrogen) atoms. The summed E-state index contributed by atoms with van der Waals surface area (Å²) in [6, 6.07) is 5.70. The summed E-state index contributed by atoms with van der Waals surface area (Å²) in [7, 11) is 0. The zero-order chi connectivity index (χ0) is 15.2. The van der Waals surface area contributed by atoms with Crippen molar-refractivity contribution >= 4 is 17.4 Å².